The van der Waals surface area contributed by atoms with Crippen molar-refractivity contribution in [1.29, 1.82) is 0 Å². The highest BCUT2D eigenvalue weighted by molar-refractivity contribution is 9.10. The molecule has 1 aliphatic heterocycles. The van der Waals surface area contributed by atoms with Crippen LogP contribution in [0, 0.1) is 0 Å². The first-order chi connectivity index (χ1) is 8.74. The Bertz CT molecular complexity index is 389. The van der Waals surface area contributed by atoms with E-state index in [1.165, 1.54) is 0 Å². The second-order valence-electron chi connectivity index (χ2n) is 4.57. The van der Waals surface area contributed by atoms with Crippen molar-refractivity contribution in [2.75, 3.05) is 24.6 Å². The molecule has 0 aliphatic carbocycles. The second-order valence-corrected chi connectivity index (χ2v) is 5.49. The van der Waals surface area contributed by atoms with Crippen LogP contribution in [0.25, 0.3) is 0 Å². The summed E-state index contributed by atoms with van der Waals surface area (Å²) in [6.45, 7) is 4.93. The Kier molecular flexibility index (Phi) is 5.03. The van der Waals surface area contributed by atoms with Crippen molar-refractivity contribution in [2.45, 2.75) is 32.5 Å². The van der Waals surface area contributed by atoms with E-state index >= 15 is 0 Å². The second kappa shape index (κ2) is 6.55. The molecule has 0 unspecified atom stereocenters. The van der Waals surface area contributed by atoms with Gasteiger partial charge >= 0.3 is 0 Å². The topological polar surface area (TPSA) is 32.7 Å². The van der Waals surface area contributed by atoms with Gasteiger partial charge in [0.2, 0.25) is 0 Å². The minimum atomic E-state index is 0.0835. The zero-order valence-electron chi connectivity index (χ0n) is 10.7. The van der Waals surface area contributed by atoms with Crippen molar-refractivity contribution in [2.24, 2.45) is 0 Å². The van der Waals surface area contributed by atoms with Crippen molar-refractivity contribution in [1.82, 2.24) is 0 Å². The molecule has 0 spiro atoms. The van der Waals surface area contributed by atoms with Gasteiger partial charge in [0.15, 0.2) is 0 Å². The number of nitrogens with zero attached hydrogens (tertiary/aromatic N) is 1. The monoisotopic (exact) mass is 313 g/mol. The van der Waals surface area contributed by atoms with E-state index in [9.17, 15) is 5.11 Å². The van der Waals surface area contributed by atoms with E-state index in [1.54, 1.807) is 0 Å². The Morgan fingerprint density at radius 2 is 2.11 bits per heavy atom. The first-order valence-electron chi connectivity index (χ1n) is 6.50. The molecular formula is C14H20BrNO2. The van der Waals surface area contributed by atoms with Gasteiger partial charge in [0.1, 0.15) is 0 Å². The molecule has 0 aromatic heterocycles. The van der Waals surface area contributed by atoms with Crippen LogP contribution in [0.15, 0.2) is 22.7 Å². The van der Waals surface area contributed by atoms with E-state index in [4.69, 9.17) is 4.74 Å². The summed E-state index contributed by atoms with van der Waals surface area (Å²) < 4.78 is 6.67. The quantitative estimate of drug-likeness (QED) is 0.927. The van der Waals surface area contributed by atoms with Crippen molar-refractivity contribution < 1.29 is 9.84 Å². The average Bonchev–Trinajstić information content (AvgIpc) is 2.40. The lowest BCUT2D eigenvalue weighted by Gasteiger charge is -2.34. The molecule has 1 aromatic rings. The third kappa shape index (κ3) is 3.25. The average molecular weight is 314 g/mol. The molecule has 1 fully saturated rings. The minimum absolute atomic E-state index is 0.0835. The number of halogens is 1. The fourth-order valence-corrected chi connectivity index (χ4v) is 2.90. The maximum absolute atomic E-state index is 9.44. The lowest BCUT2D eigenvalue weighted by atomic mass is 10.1. The van der Waals surface area contributed by atoms with Gasteiger partial charge in [0.05, 0.1) is 12.7 Å². The number of ether oxygens (including phenoxy) is 1. The van der Waals surface area contributed by atoms with Crippen LogP contribution in [0.3, 0.4) is 0 Å². The maximum Gasteiger partial charge on any atom is 0.0702 e. The molecule has 0 bridgehead atoms. The van der Waals surface area contributed by atoms with Gasteiger partial charge in [-0.05, 0) is 38.0 Å². The highest BCUT2D eigenvalue weighted by Gasteiger charge is 2.20. The van der Waals surface area contributed by atoms with Crippen LogP contribution in [0.1, 0.15) is 25.3 Å². The molecule has 1 heterocycles. The lowest BCUT2D eigenvalue weighted by Crippen LogP contribution is -2.37. The largest absolute Gasteiger partial charge is 0.392 e. The molecule has 4 heteroatoms. The molecule has 1 N–H and O–H groups in total. The molecule has 0 atom stereocenters. The number of rotatable bonds is 4. The van der Waals surface area contributed by atoms with Gasteiger partial charge in [-0.15, -0.1) is 0 Å². The van der Waals surface area contributed by atoms with Crippen LogP contribution in [-0.2, 0) is 11.3 Å². The van der Waals surface area contributed by atoms with Crippen molar-refractivity contribution in [3.05, 3.63) is 28.2 Å². The molecule has 18 heavy (non-hydrogen) atoms. The van der Waals surface area contributed by atoms with E-state index in [1.807, 2.05) is 19.1 Å². The highest BCUT2D eigenvalue weighted by Crippen LogP contribution is 2.27. The molecule has 1 aromatic carbocycles. The first kappa shape index (κ1) is 13.8. The molecule has 1 saturated heterocycles. The summed E-state index contributed by atoms with van der Waals surface area (Å²) in [7, 11) is 0. The van der Waals surface area contributed by atoms with Crippen molar-refractivity contribution >= 4 is 21.6 Å². The number of hydrogen-bond donors (Lipinski definition) is 1. The first-order valence-corrected chi connectivity index (χ1v) is 7.29. The van der Waals surface area contributed by atoms with Crippen LogP contribution in [0.5, 0.6) is 0 Å². The summed E-state index contributed by atoms with van der Waals surface area (Å²) >= 11 is 3.44. The van der Waals surface area contributed by atoms with Crippen LogP contribution in [0.4, 0.5) is 5.69 Å². The summed E-state index contributed by atoms with van der Waals surface area (Å²) in [5.74, 6) is 0. The summed E-state index contributed by atoms with van der Waals surface area (Å²) in [6, 6.07) is 6.10. The molecular weight excluding hydrogens is 294 g/mol. The summed E-state index contributed by atoms with van der Waals surface area (Å²) in [5.41, 5.74) is 2.13. The summed E-state index contributed by atoms with van der Waals surface area (Å²) in [4.78, 5) is 2.34. The normalized spacial score (nSPS) is 17.2. The van der Waals surface area contributed by atoms with E-state index in [0.717, 1.165) is 48.3 Å². The van der Waals surface area contributed by atoms with Gasteiger partial charge in [-0.2, -0.15) is 0 Å². The standard InChI is InChI=1S/C14H20BrNO2/c1-2-18-13-5-7-16(8-6-13)14-4-3-12(15)9-11(14)10-17/h3-4,9,13,17H,2,5-8,10H2,1H3. The van der Waals surface area contributed by atoms with Crippen LogP contribution in [0.2, 0.25) is 0 Å². The van der Waals surface area contributed by atoms with Crippen LogP contribution in [-0.4, -0.2) is 30.9 Å². The van der Waals surface area contributed by atoms with E-state index in [2.05, 4.69) is 26.9 Å². The van der Waals surface area contributed by atoms with Gasteiger partial charge in [-0.3, -0.25) is 0 Å². The fourth-order valence-electron chi connectivity index (χ4n) is 2.49. The SMILES string of the molecule is CCOC1CCN(c2ccc(Br)cc2CO)CC1. The van der Waals surface area contributed by atoms with Gasteiger partial charge in [0.25, 0.3) is 0 Å². The van der Waals surface area contributed by atoms with Crippen LogP contribution < -0.4 is 4.90 Å². The van der Waals surface area contributed by atoms with Crippen LogP contribution >= 0.6 is 15.9 Å². The zero-order valence-corrected chi connectivity index (χ0v) is 12.3. The predicted molar refractivity (Wildman–Crippen MR) is 76.9 cm³/mol. The Labute approximate surface area is 117 Å². The fraction of sp³-hybridized carbons (Fsp3) is 0.571. The molecule has 1 aliphatic rings. The minimum Gasteiger partial charge on any atom is -0.392 e. The van der Waals surface area contributed by atoms with Crippen molar-refractivity contribution in [3.63, 3.8) is 0 Å². The van der Waals surface area contributed by atoms with E-state index < -0.39 is 0 Å². The third-order valence-corrected chi connectivity index (χ3v) is 3.89. The van der Waals surface area contributed by atoms with Gasteiger partial charge in [-0.25, -0.2) is 0 Å². The molecule has 3 nitrogen and oxygen atoms in total. The smallest absolute Gasteiger partial charge is 0.0702 e. The highest BCUT2D eigenvalue weighted by atomic mass is 79.9. The van der Waals surface area contributed by atoms with E-state index in [0.29, 0.717) is 6.10 Å². The maximum atomic E-state index is 9.44. The zero-order chi connectivity index (χ0) is 13.0. The number of benzene rings is 1. The molecule has 100 valence electrons. The van der Waals surface area contributed by atoms with Crippen molar-refractivity contribution in [3.8, 4) is 0 Å². The van der Waals surface area contributed by atoms with E-state index in [-0.39, 0.29) is 6.61 Å². The van der Waals surface area contributed by atoms with Gasteiger partial charge in [-0.1, -0.05) is 15.9 Å². The number of hydrogen-bond acceptors (Lipinski definition) is 3. The summed E-state index contributed by atoms with van der Waals surface area (Å²) in [6.07, 6.45) is 2.53. The molecule has 0 amide bonds. The number of piperidine rings is 1. The Morgan fingerprint density at radius 1 is 1.39 bits per heavy atom. The Balaban J connectivity index is 2.05. The third-order valence-electron chi connectivity index (χ3n) is 3.40. The Hall–Kier alpha value is -0.580. The Morgan fingerprint density at radius 3 is 2.72 bits per heavy atom. The lowest BCUT2D eigenvalue weighted by molar-refractivity contribution is 0.0459. The number of aliphatic hydroxyl groups is 1. The number of aliphatic hydroxyl groups excluding tert-OH is 1. The summed E-state index contributed by atoms with van der Waals surface area (Å²) in [5, 5.41) is 9.44. The van der Waals surface area contributed by atoms with Gasteiger partial charge < -0.3 is 14.7 Å². The number of anilines is 1. The molecule has 0 saturated carbocycles. The predicted octanol–water partition coefficient (Wildman–Crippen LogP) is 2.95. The molecule has 0 radical (unpaired) electrons. The van der Waals surface area contributed by atoms with Gasteiger partial charge in [0, 0.05) is 35.4 Å². The molecule has 2 rings (SSSR count).